The molecule has 6 nitrogen and oxygen atoms in total. The minimum Gasteiger partial charge on any atom is -0.344 e. The Morgan fingerprint density at radius 3 is 2.50 bits per heavy atom. The van der Waals surface area contributed by atoms with E-state index in [0.717, 1.165) is 22.4 Å². The standard InChI is InChI=1S/C20H24N2O4S2/c1-14-6-8-15(9-7-14)22-18(23)13-16(19(22)17-5-4-11-27-17)20(24)21(2)10-12-28(3,25)26/h4-9,11,16,19H,10,12-13H2,1-3H3. The van der Waals surface area contributed by atoms with Gasteiger partial charge in [-0.05, 0) is 30.5 Å². The van der Waals surface area contributed by atoms with E-state index in [0.29, 0.717) is 0 Å². The SMILES string of the molecule is Cc1ccc(N2C(=O)CC(C(=O)N(C)CCS(C)(=O)=O)C2c2cccs2)cc1. The van der Waals surface area contributed by atoms with Gasteiger partial charge in [0.2, 0.25) is 11.8 Å². The molecule has 28 heavy (non-hydrogen) atoms. The van der Waals surface area contributed by atoms with Gasteiger partial charge in [0.15, 0.2) is 0 Å². The number of nitrogens with zero attached hydrogens (tertiary/aromatic N) is 2. The number of carbonyl (C=O) groups excluding carboxylic acids is 2. The third kappa shape index (κ3) is 4.44. The quantitative estimate of drug-likeness (QED) is 0.720. The van der Waals surface area contributed by atoms with Crippen LogP contribution in [0.2, 0.25) is 0 Å². The van der Waals surface area contributed by atoms with Crippen molar-refractivity contribution in [3.8, 4) is 0 Å². The predicted octanol–water partition coefficient (Wildman–Crippen LogP) is 2.65. The van der Waals surface area contributed by atoms with Crippen LogP contribution in [0.1, 0.15) is 22.9 Å². The Kier molecular flexibility index (Phi) is 5.90. The van der Waals surface area contributed by atoms with Gasteiger partial charge < -0.3 is 9.80 Å². The number of amides is 2. The van der Waals surface area contributed by atoms with E-state index in [1.165, 1.54) is 16.2 Å². The second-order valence-electron chi connectivity index (χ2n) is 7.26. The van der Waals surface area contributed by atoms with Crippen LogP contribution in [0.4, 0.5) is 5.69 Å². The second kappa shape index (κ2) is 8.05. The predicted molar refractivity (Wildman–Crippen MR) is 111 cm³/mol. The molecular weight excluding hydrogens is 396 g/mol. The maximum atomic E-state index is 13.1. The summed E-state index contributed by atoms with van der Waals surface area (Å²) in [6.07, 6.45) is 1.26. The Morgan fingerprint density at radius 2 is 1.93 bits per heavy atom. The van der Waals surface area contributed by atoms with Crippen LogP contribution in [-0.4, -0.2) is 50.7 Å². The molecule has 2 amide bonds. The zero-order valence-electron chi connectivity index (χ0n) is 16.2. The molecule has 1 fully saturated rings. The van der Waals surface area contributed by atoms with E-state index in [-0.39, 0.29) is 36.6 Å². The second-order valence-corrected chi connectivity index (χ2v) is 10.5. The molecule has 2 aromatic rings. The van der Waals surface area contributed by atoms with E-state index >= 15 is 0 Å². The molecule has 1 aliphatic heterocycles. The van der Waals surface area contributed by atoms with Crippen molar-refractivity contribution < 1.29 is 18.0 Å². The molecule has 1 aromatic heterocycles. The van der Waals surface area contributed by atoms with Gasteiger partial charge in [-0.3, -0.25) is 9.59 Å². The monoisotopic (exact) mass is 420 g/mol. The molecule has 1 aromatic carbocycles. The molecule has 2 heterocycles. The highest BCUT2D eigenvalue weighted by atomic mass is 32.2. The van der Waals surface area contributed by atoms with Gasteiger partial charge in [-0.15, -0.1) is 11.3 Å². The van der Waals surface area contributed by atoms with Crippen molar-refractivity contribution >= 4 is 38.7 Å². The maximum Gasteiger partial charge on any atom is 0.228 e. The summed E-state index contributed by atoms with van der Waals surface area (Å²) in [6.45, 7) is 2.10. The highest BCUT2D eigenvalue weighted by molar-refractivity contribution is 7.90. The Morgan fingerprint density at radius 1 is 1.25 bits per heavy atom. The Labute approximate surface area is 169 Å². The lowest BCUT2D eigenvalue weighted by Crippen LogP contribution is -2.38. The molecule has 1 aliphatic rings. The fourth-order valence-corrected chi connectivity index (χ4v) is 4.93. The lowest BCUT2D eigenvalue weighted by molar-refractivity contribution is -0.135. The van der Waals surface area contributed by atoms with Gasteiger partial charge in [0.1, 0.15) is 9.84 Å². The highest BCUT2D eigenvalue weighted by Gasteiger charge is 2.46. The first kappa shape index (κ1) is 20.5. The average molecular weight is 421 g/mol. The van der Waals surface area contributed by atoms with Crippen LogP contribution in [0.15, 0.2) is 41.8 Å². The number of anilines is 1. The van der Waals surface area contributed by atoms with Crippen LogP contribution in [0.25, 0.3) is 0 Å². The van der Waals surface area contributed by atoms with Gasteiger partial charge in [0.25, 0.3) is 0 Å². The van der Waals surface area contributed by atoms with Gasteiger partial charge in [0.05, 0.1) is 17.7 Å². The normalized spacial score (nSPS) is 19.8. The van der Waals surface area contributed by atoms with Crippen LogP contribution in [0.5, 0.6) is 0 Å². The van der Waals surface area contributed by atoms with Gasteiger partial charge >= 0.3 is 0 Å². The van der Waals surface area contributed by atoms with E-state index in [1.807, 2.05) is 48.7 Å². The summed E-state index contributed by atoms with van der Waals surface area (Å²) in [7, 11) is -1.58. The molecule has 0 saturated carbocycles. The fraction of sp³-hybridized carbons (Fsp3) is 0.400. The molecule has 2 unspecified atom stereocenters. The summed E-state index contributed by atoms with van der Waals surface area (Å²) < 4.78 is 22.9. The minimum atomic E-state index is -3.17. The van der Waals surface area contributed by atoms with Crippen molar-refractivity contribution in [1.29, 1.82) is 0 Å². The molecule has 2 atom stereocenters. The molecule has 0 N–H and O–H groups in total. The fourth-order valence-electron chi connectivity index (χ4n) is 3.45. The topological polar surface area (TPSA) is 74.8 Å². The Balaban J connectivity index is 1.91. The van der Waals surface area contributed by atoms with Crippen LogP contribution in [-0.2, 0) is 19.4 Å². The first-order valence-electron chi connectivity index (χ1n) is 9.02. The molecule has 0 radical (unpaired) electrons. The smallest absolute Gasteiger partial charge is 0.228 e. The Bertz CT molecular complexity index is 953. The summed E-state index contributed by atoms with van der Waals surface area (Å²) in [5, 5.41) is 1.93. The van der Waals surface area contributed by atoms with Crippen molar-refractivity contribution in [2.24, 2.45) is 5.92 Å². The molecule has 1 saturated heterocycles. The molecular formula is C20H24N2O4S2. The van der Waals surface area contributed by atoms with Crippen molar-refractivity contribution in [1.82, 2.24) is 4.90 Å². The van der Waals surface area contributed by atoms with Crippen molar-refractivity contribution in [3.63, 3.8) is 0 Å². The van der Waals surface area contributed by atoms with Crippen molar-refractivity contribution in [2.75, 3.05) is 30.5 Å². The van der Waals surface area contributed by atoms with Gasteiger partial charge in [-0.25, -0.2) is 8.42 Å². The summed E-state index contributed by atoms with van der Waals surface area (Å²) in [5.41, 5.74) is 1.86. The number of carbonyl (C=O) groups is 2. The molecule has 0 spiro atoms. The van der Waals surface area contributed by atoms with Gasteiger partial charge in [0, 0.05) is 36.8 Å². The summed E-state index contributed by atoms with van der Waals surface area (Å²) >= 11 is 1.51. The minimum absolute atomic E-state index is 0.0960. The number of sulfone groups is 1. The van der Waals surface area contributed by atoms with E-state index in [9.17, 15) is 18.0 Å². The largest absolute Gasteiger partial charge is 0.344 e. The van der Waals surface area contributed by atoms with E-state index in [4.69, 9.17) is 0 Å². The number of thiophene rings is 1. The van der Waals surface area contributed by atoms with Gasteiger partial charge in [-0.1, -0.05) is 23.8 Å². The highest BCUT2D eigenvalue weighted by Crippen LogP contribution is 2.43. The van der Waals surface area contributed by atoms with E-state index in [1.54, 1.807) is 11.9 Å². The van der Waals surface area contributed by atoms with Crippen LogP contribution in [0, 0.1) is 12.8 Å². The van der Waals surface area contributed by atoms with Crippen molar-refractivity contribution in [2.45, 2.75) is 19.4 Å². The molecule has 0 aliphatic carbocycles. The van der Waals surface area contributed by atoms with Gasteiger partial charge in [-0.2, -0.15) is 0 Å². The number of hydrogen-bond donors (Lipinski definition) is 0. The number of benzene rings is 1. The third-order valence-corrected chi connectivity index (χ3v) is 6.83. The lowest BCUT2D eigenvalue weighted by atomic mass is 9.97. The zero-order chi connectivity index (χ0) is 20.5. The van der Waals surface area contributed by atoms with E-state index in [2.05, 4.69) is 0 Å². The number of hydrogen-bond acceptors (Lipinski definition) is 5. The number of aryl methyl sites for hydroxylation is 1. The maximum absolute atomic E-state index is 13.1. The molecule has 0 bridgehead atoms. The average Bonchev–Trinajstić information content (AvgIpc) is 3.26. The first-order valence-corrected chi connectivity index (χ1v) is 12.0. The summed E-state index contributed by atoms with van der Waals surface area (Å²) in [4.78, 5) is 30.1. The molecule has 150 valence electrons. The Hall–Kier alpha value is -2.19. The molecule has 8 heteroatoms. The van der Waals surface area contributed by atoms with E-state index < -0.39 is 15.8 Å². The van der Waals surface area contributed by atoms with Crippen LogP contribution < -0.4 is 4.90 Å². The van der Waals surface area contributed by atoms with Crippen LogP contribution >= 0.6 is 11.3 Å². The molecule has 3 rings (SSSR count). The first-order chi connectivity index (χ1) is 13.2. The number of rotatable bonds is 6. The zero-order valence-corrected chi connectivity index (χ0v) is 17.8. The third-order valence-electron chi connectivity index (χ3n) is 4.96. The van der Waals surface area contributed by atoms with Crippen molar-refractivity contribution in [3.05, 3.63) is 52.2 Å². The van der Waals surface area contributed by atoms with Crippen LogP contribution in [0.3, 0.4) is 0 Å². The lowest BCUT2D eigenvalue weighted by Gasteiger charge is -2.29. The summed E-state index contributed by atoms with van der Waals surface area (Å²) in [5.74, 6) is -0.944. The summed E-state index contributed by atoms with van der Waals surface area (Å²) in [6, 6.07) is 11.1.